The van der Waals surface area contributed by atoms with Gasteiger partial charge in [-0.25, -0.2) is 0 Å². The van der Waals surface area contributed by atoms with Crippen LogP contribution in [0.1, 0.15) is 30.9 Å². The Bertz CT molecular complexity index is 331. The van der Waals surface area contributed by atoms with Crippen molar-refractivity contribution in [2.45, 2.75) is 25.3 Å². The molecular weight excluding hydrogens is 232 g/mol. The molecule has 0 amide bonds. The van der Waals surface area contributed by atoms with Gasteiger partial charge in [-0.1, -0.05) is 23.7 Å². The maximum absolute atomic E-state index is 5.91. The largest absolute Gasteiger partial charge is 0.313 e. The van der Waals surface area contributed by atoms with Crippen LogP contribution in [0.4, 0.5) is 0 Å². The van der Waals surface area contributed by atoms with E-state index in [0.717, 1.165) is 11.4 Å². The molecule has 94 valence electrons. The van der Waals surface area contributed by atoms with Crippen LogP contribution < -0.4 is 5.32 Å². The molecule has 1 aromatic carbocycles. The van der Waals surface area contributed by atoms with Gasteiger partial charge in [-0.05, 0) is 63.6 Å². The molecule has 1 aliphatic rings. The quantitative estimate of drug-likeness (QED) is 0.867. The molecule has 0 saturated carbocycles. The molecule has 1 unspecified atom stereocenters. The normalized spacial score (nSPS) is 18.5. The molecule has 0 aliphatic carbocycles. The highest BCUT2D eigenvalue weighted by Gasteiger charge is 2.14. The zero-order valence-corrected chi connectivity index (χ0v) is 11.2. The lowest BCUT2D eigenvalue weighted by atomic mass is 10.0. The fraction of sp³-hybridized carbons (Fsp3) is 0.571. The maximum Gasteiger partial charge on any atom is 0.0406 e. The molecule has 1 atom stereocenters. The topological polar surface area (TPSA) is 15.3 Å². The minimum Gasteiger partial charge on any atom is -0.313 e. The first-order valence-electron chi connectivity index (χ1n) is 6.44. The van der Waals surface area contributed by atoms with Gasteiger partial charge in [0.15, 0.2) is 0 Å². The van der Waals surface area contributed by atoms with Gasteiger partial charge in [0.1, 0.15) is 0 Å². The number of halogens is 1. The van der Waals surface area contributed by atoms with Crippen molar-refractivity contribution in [2.24, 2.45) is 0 Å². The van der Waals surface area contributed by atoms with Gasteiger partial charge in [0, 0.05) is 11.1 Å². The van der Waals surface area contributed by atoms with Crippen molar-refractivity contribution in [1.29, 1.82) is 0 Å². The average Bonchev–Trinajstić information content (AvgIpc) is 2.85. The predicted molar refractivity (Wildman–Crippen MR) is 73.5 cm³/mol. The molecule has 0 aromatic heterocycles. The third-order valence-electron chi connectivity index (χ3n) is 3.55. The fourth-order valence-electron chi connectivity index (χ4n) is 2.49. The van der Waals surface area contributed by atoms with Gasteiger partial charge in [0.2, 0.25) is 0 Å². The highest BCUT2D eigenvalue weighted by Crippen LogP contribution is 2.20. The summed E-state index contributed by atoms with van der Waals surface area (Å²) >= 11 is 5.91. The van der Waals surface area contributed by atoms with Crippen molar-refractivity contribution in [1.82, 2.24) is 10.2 Å². The molecule has 0 spiro atoms. The van der Waals surface area contributed by atoms with E-state index in [1.54, 1.807) is 0 Å². The number of rotatable bonds is 5. The molecule has 0 bridgehead atoms. The van der Waals surface area contributed by atoms with Gasteiger partial charge in [-0.15, -0.1) is 0 Å². The smallest absolute Gasteiger partial charge is 0.0406 e. The molecular formula is C14H21ClN2. The molecule has 1 heterocycles. The van der Waals surface area contributed by atoms with Crippen molar-refractivity contribution >= 4 is 11.6 Å². The van der Waals surface area contributed by atoms with Gasteiger partial charge in [0.25, 0.3) is 0 Å². The van der Waals surface area contributed by atoms with Crippen molar-refractivity contribution < 1.29 is 0 Å². The molecule has 0 radical (unpaired) electrons. The third-order valence-corrected chi connectivity index (χ3v) is 3.81. The number of nitrogens with one attached hydrogen (secondary N) is 1. The van der Waals surface area contributed by atoms with Crippen LogP contribution in [-0.4, -0.2) is 31.6 Å². The van der Waals surface area contributed by atoms with E-state index in [1.807, 2.05) is 19.2 Å². The summed E-state index contributed by atoms with van der Waals surface area (Å²) in [5.74, 6) is 0. The molecule has 1 fully saturated rings. The van der Waals surface area contributed by atoms with Crippen LogP contribution in [-0.2, 0) is 0 Å². The Morgan fingerprint density at radius 2 is 1.88 bits per heavy atom. The lowest BCUT2D eigenvalue weighted by Gasteiger charge is -2.21. The molecule has 1 N–H and O–H groups in total. The summed E-state index contributed by atoms with van der Waals surface area (Å²) < 4.78 is 0. The average molecular weight is 253 g/mol. The van der Waals surface area contributed by atoms with Gasteiger partial charge >= 0.3 is 0 Å². The summed E-state index contributed by atoms with van der Waals surface area (Å²) in [5.41, 5.74) is 1.33. The van der Waals surface area contributed by atoms with Crippen molar-refractivity contribution in [2.75, 3.05) is 26.7 Å². The summed E-state index contributed by atoms with van der Waals surface area (Å²) in [6.07, 6.45) is 3.90. The number of nitrogens with zero attached hydrogens (tertiary/aromatic N) is 1. The molecule has 2 nitrogen and oxygen atoms in total. The van der Waals surface area contributed by atoms with Gasteiger partial charge in [-0.2, -0.15) is 0 Å². The van der Waals surface area contributed by atoms with E-state index >= 15 is 0 Å². The second-order valence-electron chi connectivity index (χ2n) is 4.73. The second-order valence-corrected chi connectivity index (χ2v) is 5.17. The Kier molecular flexibility index (Phi) is 4.84. The Morgan fingerprint density at radius 1 is 1.24 bits per heavy atom. The highest BCUT2D eigenvalue weighted by molar-refractivity contribution is 6.30. The molecule has 3 heteroatoms. The van der Waals surface area contributed by atoms with Crippen LogP contribution in [0.5, 0.6) is 0 Å². The van der Waals surface area contributed by atoms with Crippen molar-refractivity contribution in [3.63, 3.8) is 0 Å². The number of hydrogen-bond acceptors (Lipinski definition) is 2. The van der Waals surface area contributed by atoms with E-state index < -0.39 is 0 Å². The standard InChI is InChI=1S/C14H21ClN2/c1-16-14(8-11-17-9-2-3-10-17)12-4-6-13(15)7-5-12/h4-7,14,16H,2-3,8-11H2,1H3. The predicted octanol–water partition coefficient (Wildman–Crippen LogP) is 3.09. The number of benzene rings is 1. The summed E-state index contributed by atoms with van der Waals surface area (Å²) in [6, 6.07) is 8.61. The van der Waals surface area contributed by atoms with Crippen LogP contribution in [0.25, 0.3) is 0 Å². The molecule has 2 rings (SSSR count). The minimum atomic E-state index is 0.438. The summed E-state index contributed by atoms with van der Waals surface area (Å²) in [6.45, 7) is 3.74. The zero-order valence-electron chi connectivity index (χ0n) is 10.5. The third kappa shape index (κ3) is 3.70. The minimum absolute atomic E-state index is 0.438. The first kappa shape index (κ1) is 12.9. The Balaban J connectivity index is 1.89. The van der Waals surface area contributed by atoms with Crippen LogP contribution in [0.2, 0.25) is 5.02 Å². The molecule has 1 aliphatic heterocycles. The SMILES string of the molecule is CNC(CCN1CCCC1)c1ccc(Cl)cc1. The van der Waals surface area contributed by atoms with Gasteiger partial charge < -0.3 is 10.2 Å². The number of hydrogen-bond donors (Lipinski definition) is 1. The van der Waals surface area contributed by atoms with Crippen LogP contribution in [0.15, 0.2) is 24.3 Å². The van der Waals surface area contributed by atoms with E-state index in [9.17, 15) is 0 Å². The van der Waals surface area contributed by atoms with E-state index in [2.05, 4.69) is 22.3 Å². The summed E-state index contributed by atoms with van der Waals surface area (Å²) in [5, 5.41) is 4.20. The highest BCUT2D eigenvalue weighted by atomic mass is 35.5. The van der Waals surface area contributed by atoms with Crippen LogP contribution >= 0.6 is 11.6 Å². The number of likely N-dealkylation sites (tertiary alicyclic amines) is 1. The van der Waals surface area contributed by atoms with Crippen molar-refractivity contribution in [3.8, 4) is 0 Å². The lowest BCUT2D eigenvalue weighted by Crippen LogP contribution is -2.26. The van der Waals surface area contributed by atoms with Gasteiger partial charge in [-0.3, -0.25) is 0 Å². The van der Waals surface area contributed by atoms with E-state index in [-0.39, 0.29) is 0 Å². The second kappa shape index (κ2) is 6.39. The fourth-order valence-corrected chi connectivity index (χ4v) is 2.62. The zero-order chi connectivity index (χ0) is 12.1. The Hall–Kier alpha value is -0.570. The molecule has 17 heavy (non-hydrogen) atoms. The molecule has 1 saturated heterocycles. The van der Waals surface area contributed by atoms with Crippen LogP contribution in [0, 0.1) is 0 Å². The van der Waals surface area contributed by atoms with E-state index in [1.165, 1.54) is 38.0 Å². The maximum atomic E-state index is 5.91. The van der Waals surface area contributed by atoms with Crippen molar-refractivity contribution in [3.05, 3.63) is 34.9 Å². The lowest BCUT2D eigenvalue weighted by molar-refractivity contribution is 0.314. The van der Waals surface area contributed by atoms with Crippen LogP contribution in [0.3, 0.4) is 0 Å². The molecule has 1 aromatic rings. The summed E-state index contributed by atoms with van der Waals surface area (Å²) in [4.78, 5) is 2.56. The van der Waals surface area contributed by atoms with E-state index in [0.29, 0.717) is 6.04 Å². The van der Waals surface area contributed by atoms with Gasteiger partial charge in [0.05, 0.1) is 0 Å². The Labute approximate surface area is 109 Å². The first-order chi connectivity index (χ1) is 8.29. The Morgan fingerprint density at radius 3 is 2.47 bits per heavy atom. The summed E-state index contributed by atoms with van der Waals surface area (Å²) in [7, 11) is 2.03. The first-order valence-corrected chi connectivity index (χ1v) is 6.82. The van der Waals surface area contributed by atoms with E-state index in [4.69, 9.17) is 11.6 Å². The monoisotopic (exact) mass is 252 g/mol.